The molecule has 0 bridgehead atoms. The van der Waals surface area contributed by atoms with Crippen molar-refractivity contribution in [2.75, 3.05) is 13.1 Å². The second kappa shape index (κ2) is 7.15. The van der Waals surface area contributed by atoms with Crippen LogP contribution in [0.1, 0.15) is 59.2 Å². The van der Waals surface area contributed by atoms with Crippen LogP contribution in [0.15, 0.2) is 22.7 Å². The number of nitrogens with one attached hydrogen (secondary N) is 1. The molecule has 6 nitrogen and oxygen atoms in total. The van der Waals surface area contributed by atoms with Gasteiger partial charge in [0.25, 0.3) is 5.91 Å². The summed E-state index contributed by atoms with van der Waals surface area (Å²) in [5.74, 6) is 1.06. The van der Waals surface area contributed by atoms with Crippen LogP contribution in [0.3, 0.4) is 0 Å². The highest BCUT2D eigenvalue weighted by Crippen LogP contribution is 2.38. The SMILES string of the molecule is Cc1ccc(F)c(C(=O)NC2CCCN(Cc3noc(C4CC4)n3)C2)c1. The predicted molar refractivity (Wildman–Crippen MR) is 93.2 cm³/mol. The number of carbonyl (C=O) groups is 1. The van der Waals surface area contributed by atoms with E-state index in [1.165, 1.54) is 6.07 Å². The van der Waals surface area contributed by atoms with Gasteiger partial charge in [-0.3, -0.25) is 9.69 Å². The second-order valence-electron chi connectivity index (χ2n) is 7.35. The first-order valence-corrected chi connectivity index (χ1v) is 9.20. The Balaban J connectivity index is 1.35. The molecule has 1 aliphatic carbocycles. The quantitative estimate of drug-likeness (QED) is 0.890. The molecule has 1 amide bonds. The van der Waals surface area contributed by atoms with Crippen LogP contribution in [-0.2, 0) is 6.54 Å². The van der Waals surface area contributed by atoms with Gasteiger partial charge in [0.05, 0.1) is 12.1 Å². The van der Waals surface area contributed by atoms with E-state index in [9.17, 15) is 9.18 Å². The van der Waals surface area contributed by atoms with Crippen molar-refractivity contribution >= 4 is 5.91 Å². The van der Waals surface area contributed by atoms with Crippen LogP contribution in [0.5, 0.6) is 0 Å². The summed E-state index contributed by atoms with van der Waals surface area (Å²) in [5.41, 5.74) is 0.972. The van der Waals surface area contributed by atoms with Gasteiger partial charge in [-0.2, -0.15) is 4.98 Å². The highest BCUT2D eigenvalue weighted by atomic mass is 19.1. The Hall–Kier alpha value is -2.28. The molecule has 1 N–H and O–H groups in total. The van der Waals surface area contributed by atoms with E-state index in [1.54, 1.807) is 12.1 Å². The summed E-state index contributed by atoms with van der Waals surface area (Å²) in [4.78, 5) is 19.1. The third-order valence-corrected chi connectivity index (χ3v) is 4.98. The number of benzene rings is 1. The number of likely N-dealkylation sites (tertiary alicyclic amines) is 1. The van der Waals surface area contributed by atoms with Crippen LogP contribution in [0.4, 0.5) is 4.39 Å². The summed E-state index contributed by atoms with van der Waals surface area (Å²) in [6, 6.07) is 4.58. The first-order valence-electron chi connectivity index (χ1n) is 9.20. The summed E-state index contributed by atoms with van der Waals surface area (Å²) in [6.07, 6.45) is 4.12. The van der Waals surface area contributed by atoms with Gasteiger partial charge >= 0.3 is 0 Å². The Morgan fingerprint density at radius 1 is 1.38 bits per heavy atom. The molecule has 2 aliphatic rings. The summed E-state index contributed by atoms with van der Waals surface area (Å²) < 4.78 is 19.2. The average Bonchev–Trinajstić information content (AvgIpc) is 3.37. The van der Waals surface area contributed by atoms with E-state index in [-0.39, 0.29) is 17.5 Å². The third-order valence-electron chi connectivity index (χ3n) is 4.98. The standard InChI is InChI=1S/C19H23FN4O2/c1-12-4-7-16(20)15(9-12)18(25)21-14-3-2-8-24(10-14)11-17-22-19(26-23-17)13-5-6-13/h4,7,9,13-14H,2-3,5-6,8,10-11H2,1H3,(H,21,25). The van der Waals surface area contributed by atoms with Crippen LogP contribution in [0, 0.1) is 12.7 Å². The lowest BCUT2D eigenvalue weighted by molar-refractivity contribution is 0.0895. The second-order valence-corrected chi connectivity index (χ2v) is 7.35. The topological polar surface area (TPSA) is 71.3 Å². The lowest BCUT2D eigenvalue weighted by Crippen LogP contribution is -2.47. The number of rotatable bonds is 5. The Bertz CT molecular complexity index is 803. The fourth-order valence-corrected chi connectivity index (χ4v) is 3.42. The van der Waals surface area contributed by atoms with Crippen LogP contribution in [-0.4, -0.2) is 40.1 Å². The Kier molecular flexibility index (Phi) is 4.72. The van der Waals surface area contributed by atoms with Crippen LogP contribution < -0.4 is 5.32 Å². The molecule has 1 aliphatic heterocycles. The van der Waals surface area contributed by atoms with Gasteiger partial charge < -0.3 is 9.84 Å². The van der Waals surface area contributed by atoms with Gasteiger partial charge in [-0.1, -0.05) is 16.8 Å². The zero-order valence-corrected chi connectivity index (χ0v) is 14.9. The number of piperidine rings is 1. The molecular weight excluding hydrogens is 335 g/mol. The molecule has 1 saturated carbocycles. The van der Waals surface area contributed by atoms with Gasteiger partial charge in [0.2, 0.25) is 5.89 Å². The van der Waals surface area contributed by atoms with Crippen LogP contribution in [0.25, 0.3) is 0 Å². The van der Waals surface area contributed by atoms with Crippen molar-refractivity contribution in [1.82, 2.24) is 20.4 Å². The highest BCUT2D eigenvalue weighted by molar-refractivity contribution is 5.94. The number of aryl methyl sites for hydroxylation is 1. The lowest BCUT2D eigenvalue weighted by Gasteiger charge is -2.32. The summed E-state index contributed by atoms with van der Waals surface area (Å²) >= 11 is 0. The van der Waals surface area contributed by atoms with Gasteiger partial charge in [0.1, 0.15) is 5.82 Å². The van der Waals surface area contributed by atoms with E-state index in [0.29, 0.717) is 24.8 Å². The molecule has 4 rings (SSSR count). The van der Waals surface area contributed by atoms with Gasteiger partial charge in [-0.05, 0) is 51.3 Å². The first-order chi connectivity index (χ1) is 12.6. The van der Waals surface area contributed by atoms with Crippen molar-refractivity contribution < 1.29 is 13.7 Å². The molecule has 1 atom stereocenters. The summed E-state index contributed by atoms with van der Waals surface area (Å²) in [7, 11) is 0. The van der Waals surface area contributed by atoms with Crippen molar-refractivity contribution in [3.8, 4) is 0 Å². The van der Waals surface area contributed by atoms with Crippen molar-refractivity contribution in [2.24, 2.45) is 0 Å². The van der Waals surface area contributed by atoms with E-state index in [4.69, 9.17) is 4.52 Å². The normalized spacial score (nSPS) is 20.9. The molecule has 2 heterocycles. The van der Waals surface area contributed by atoms with Gasteiger partial charge in [0.15, 0.2) is 5.82 Å². The fraction of sp³-hybridized carbons (Fsp3) is 0.526. The third kappa shape index (κ3) is 3.93. The molecule has 1 unspecified atom stereocenters. The zero-order valence-electron chi connectivity index (χ0n) is 14.9. The molecule has 2 fully saturated rings. The number of hydrogen-bond donors (Lipinski definition) is 1. The minimum atomic E-state index is -0.486. The number of halogens is 1. The Morgan fingerprint density at radius 2 is 2.23 bits per heavy atom. The van der Waals surface area contributed by atoms with Gasteiger partial charge in [0, 0.05) is 18.5 Å². The molecule has 138 valence electrons. The minimum absolute atomic E-state index is 0.00837. The van der Waals surface area contributed by atoms with Crippen LogP contribution in [0.2, 0.25) is 0 Å². The maximum Gasteiger partial charge on any atom is 0.254 e. The van der Waals surface area contributed by atoms with Crippen molar-refractivity contribution in [3.63, 3.8) is 0 Å². The smallest absolute Gasteiger partial charge is 0.254 e. The molecule has 0 radical (unpaired) electrons. The van der Waals surface area contributed by atoms with Gasteiger partial charge in [-0.15, -0.1) is 0 Å². The number of amides is 1. The maximum absolute atomic E-state index is 13.9. The number of aromatic nitrogens is 2. The maximum atomic E-state index is 13.9. The monoisotopic (exact) mass is 358 g/mol. The molecule has 1 aromatic heterocycles. The Labute approximate surface area is 151 Å². The molecule has 0 spiro atoms. The largest absolute Gasteiger partial charge is 0.348 e. The number of nitrogens with zero attached hydrogens (tertiary/aromatic N) is 3. The highest BCUT2D eigenvalue weighted by Gasteiger charge is 2.30. The predicted octanol–water partition coefficient (Wildman–Crippen LogP) is 2.79. The van der Waals surface area contributed by atoms with Crippen molar-refractivity contribution in [1.29, 1.82) is 0 Å². The van der Waals surface area contributed by atoms with Gasteiger partial charge in [-0.25, -0.2) is 4.39 Å². The zero-order chi connectivity index (χ0) is 18.1. The summed E-state index contributed by atoms with van der Waals surface area (Å²) in [5, 5.41) is 7.03. The molecule has 1 aromatic carbocycles. The lowest BCUT2D eigenvalue weighted by atomic mass is 10.0. The van der Waals surface area contributed by atoms with E-state index >= 15 is 0 Å². The van der Waals surface area contributed by atoms with E-state index < -0.39 is 5.82 Å². The van der Waals surface area contributed by atoms with E-state index in [2.05, 4.69) is 20.4 Å². The molecule has 2 aromatic rings. The minimum Gasteiger partial charge on any atom is -0.348 e. The number of carbonyl (C=O) groups excluding carboxylic acids is 1. The molecular formula is C19H23FN4O2. The Morgan fingerprint density at radius 3 is 3.04 bits per heavy atom. The van der Waals surface area contributed by atoms with E-state index in [1.807, 2.05) is 6.92 Å². The molecule has 7 heteroatoms. The fourth-order valence-electron chi connectivity index (χ4n) is 3.42. The van der Waals surface area contributed by atoms with Crippen molar-refractivity contribution in [3.05, 3.63) is 46.9 Å². The number of hydrogen-bond acceptors (Lipinski definition) is 5. The van der Waals surface area contributed by atoms with E-state index in [0.717, 1.165) is 43.7 Å². The molecule has 26 heavy (non-hydrogen) atoms. The molecule has 1 saturated heterocycles. The average molecular weight is 358 g/mol. The van der Waals surface area contributed by atoms with Crippen molar-refractivity contribution in [2.45, 2.75) is 51.1 Å². The summed E-state index contributed by atoms with van der Waals surface area (Å²) in [6.45, 7) is 4.09. The first kappa shape index (κ1) is 17.1. The van der Waals surface area contributed by atoms with Crippen LogP contribution >= 0.6 is 0 Å².